The van der Waals surface area contributed by atoms with E-state index in [9.17, 15) is 0 Å². The van der Waals surface area contributed by atoms with Crippen molar-refractivity contribution in [2.45, 2.75) is 26.4 Å². The van der Waals surface area contributed by atoms with Crippen molar-refractivity contribution in [2.75, 3.05) is 12.4 Å². The molecule has 0 amide bonds. The van der Waals surface area contributed by atoms with Crippen LogP contribution in [0.3, 0.4) is 0 Å². The first-order valence-electron chi connectivity index (χ1n) is 6.20. The van der Waals surface area contributed by atoms with Crippen molar-refractivity contribution < 1.29 is 4.74 Å². The second kappa shape index (κ2) is 5.97. The Morgan fingerprint density at radius 3 is 2.84 bits per heavy atom. The normalized spacial score (nSPS) is 10.8. The Labute approximate surface area is 118 Å². The molecule has 0 aliphatic carbocycles. The summed E-state index contributed by atoms with van der Waals surface area (Å²) in [5, 5.41) is 8.31. The summed E-state index contributed by atoms with van der Waals surface area (Å²) < 4.78 is 7.23. The highest BCUT2D eigenvalue weighted by Gasteiger charge is 2.05. The van der Waals surface area contributed by atoms with E-state index in [1.165, 1.54) is 0 Å². The van der Waals surface area contributed by atoms with Gasteiger partial charge in [0.1, 0.15) is 5.75 Å². The lowest BCUT2D eigenvalue weighted by molar-refractivity contribution is 0.410. The molecule has 0 fully saturated rings. The number of aromatic nitrogens is 2. The Hall–Kier alpha value is -1.68. The van der Waals surface area contributed by atoms with Gasteiger partial charge in [-0.15, -0.1) is 0 Å². The number of nitrogens with zero attached hydrogens (tertiary/aromatic N) is 2. The molecular weight excluding hydrogens is 262 g/mol. The molecule has 19 heavy (non-hydrogen) atoms. The average Bonchev–Trinajstić information content (AvgIpc) is 2.85. The lowest BCUT2D eigenvalue weighted by Gasteiger charge is -2.10. The number of benzene rings is 1. The average molecular weight is 280 g/mol. The highest BCUT2D eigenvalue weighted by atomic mass is 35.5. The van der Waals surface area contributed by atoms with Gasteiger partial charge in [-0.3, -0.25) is 4.68 Å². The summed E-state index contributed by atoms with van der Waals surface area (Å²) in [6.07, 6.45) is 3.80. The van der Waals surface area contributed by atoms with Crippen LogP contribution in [-0.2, 0) is 6.54 Å². The third-order valence-corrected chi connectivity index (χ3v) is 3.09. The highest BCUT2D eigenvalue weighted by molar-refractivity contribution is 6.30. The first kappa shape index (κ1) is 13.7. The summed E-state index contributed by atoms with van der Waals surface area (Å²) in [5.41, 5.74) is 2.00. The Balaban J connectivity index is 2.07. The molecule has 0 aliphatic heterocycles. The molecule has 0 saturated heterocycles. The largest absolute Gasteiger partial charge is 0.496 e. The molecule has 0 unspecified atom stereocenters. The number of hydrogen-bond acceptors (Lipinski definition) is 3. The van der Waals surface area contributed by atoms with E-state index >= 15 is 0 Å². The van der Waals surface area contributed by atoms with Crippen molar-refractivity contribution in [3.63, 3.8) is 0 Å². The maximum atomic E-state index is 6.00. The maximum absolute atomic E-state index is 6.00. The van der Waals surface area contributed by atoms with E-state index in [-0.39, 0.29) is 0 Å². The van der Waals surface area contributed by atoms with E-state index in [0.717, 1.165) is 17.0 Å². The molecular formula is C14H18ClN3O. The van der Waals surface area contributed by atoms with Gasteiger partial charge >= 0.3 is 0 Å². The van der Waals surface area contributed by atoms with E-state index in [4.69, 9.17) is 16.3 Å². The zero-order valence-electron chi connectivity index (χ0n) is 11.4. The van der Waals surface area contributed by atoms with Gasteiger partial charge < -0.3 is 10.1 Å². The number of nitrogens with one attached hydrogen (secondary N) is 1. The van der Waals surface area contributed by atoms with Crippen molar-refractivity contribution in [3.8, 4) is 5.75 Å². The molecule has 0 bridgehead atoms. The molecule has 2 rings (SSSR count). The van der Waals surface area contributed by atoms with Gasteiger partial charge in [0.05, 0.1) is 19.0 Å². The lowest BCUT2D eigenvalue weighted by Crippen LogP contribution is -2.02. The van der Waals surface area contributed by atoms with Crippen molar-refractivity contribution in [3.05, 3.63) is 41.2 Å². The highest BCUT2D eigenvalue weighted by Crippen LogP contribution is 2.23. The molecule has 102 valence electrons. The van der Waals surface area contributed by atoms with Crippen LogP contribution in [-0.4, -0.2) is 16.9 Å². The van der Waals surface area contributed by atoms with Gasteiger partial charge in [-0.2, -0.15) is 5.10 Å². The molecule has 5 heteroatoms. The summed E-state index contributed by atoms with van der Waals surface area (Å²) in [4.78, 5) is 0. The lowest BCUT2D eigenvalue weighted by atomic mass is 10.2. The molecule has 1 heterocycles. The zero-order valence-corrected chi connectivity index (χ0v) is 12.1. The van der Waals surface area contributed by atoms with Gasteiger partial charge in [-0.1, -0.05) is 11.6 Å². The Morgan fingerprint density at radius 2 is 2.21 bits per heavy atom. The van der Waals surface area contributed by atoms with Crippen molar-refractivity contribution >= 4 is 17.3 Å². The van der Waals surface area contributed by atoms with Crippen molar-refractivity contribution in [1.82, 2.24) is 9.78 Å². The molecule has 4 nitrogen and oxygen atoms in total. The molecule has 0 aliphatic rings. The van der Waals surface area contributed by atoms with E-state index in [1.807, 2.05) is 35.3 Å². The number of hydrogen-bond donors (Lipinski definition) is 1. The summed E-state index contributed by atoms with van der Waals surface area (Å²) >= 11 is 6.00. The maximum Gasteiger partial charge on any atom is 0.123 e. The smallest absolute Gasteiger partial charge is 0.123 e. The Morgan fingerprint density at radius 1 is 1.42 bits per heavy atom. The number of methoxy groups -OCH3 is 1. The van der Waals surface area contributed by atoms with Crippen molar-refractivity contribution in [2.24, 2.45) is 0 Å². The van der Waals surface area contributed by atoms with Crippen LogP contribution in [0.25, 0.3) is 0 Å². The molecule has 2 aromatic rings. The van der Waals surface area contributed by atoms with Gasteiger partial charge in [-0.05, 0) is 32.0 Å². The monoisotopic (exact) mass is 279 g/mol. The Bertz CT molecular complexity index is 551. The summed E-state index contributed by atoms with van der Waals surface area (Å²) in [7, 11) is 1.66. The standard InChI is InChI=1S/C14H18ClN3O/c1-10(2)18-9-13(8-17-18)16-7-11-6-12(15)4-5-14(11)19-3/h4-6,8-10,16H,7H2,1-3H3. The number of rotatable bonds is 5. The first-order valence-corrected chi connectivity index (χ1v) is 6.58. The van der Waals surface area contributed by atoms with E-state index in [1.54, 1.807) is 7.11 Å². The van der Waals surface area contributed by atoms with Crippen LogP contribution in [0.15, 0.2) is 30.6 Å². The summed E-state index contributed by atoms with van der Waals surface area (Å²) in [6.45, 7) is 4.83. The third-order valence-electron chi connectivity index (χ3n) is 2.86. The van der Waals surface area contributed by atoms with Gasteiger partial charge in [0.15, 0.2) is 0 Å². The number of anilines is 1. The minimum Gasteiger partial charge on any atom is -0.496 e. The molecule has 1 aromatic carbocycles. The molecule has 0 spiro atoms. The van der Waals surface area contributed by atoms with Crippen molar-refractivity contribution in [1.29, 1.82) is 0 Å². The first-order chi connectivity index (χ1) is 9.10. The minimum absolute atomic E-state index is 0.358. The van der Waals surface area contributed by atoms with Crippen LogP contribution in [0.5, 0.6) is 5.75 Å². The summed E-state index contributed by atoms with van der Waals surface area (Å²) in [6, 6.07) is 5.95. The van der Waals surface area contributed by atoms with Gasteiger partial charge in [-0.25, -0.2) is 0 Å². The SMILES string of the molecule is COc1ccc(Cl)cc1CNc1cnn(C(C)C)c1. The van der Waals surface area contributed by atoms with E-state index in [0.29, 0.717) is 17.6 Å². The fraction of sp³-hybridized carbons (Fsp3) is 0.357. The second-order valence-electron chi connectivity index (χ2n) is 4.61. The van der Waals surface area contributed by atoms with E-state index < -0.39 is 0 Å². The number of halogens is 1. The van der Waals surface area contributed by atoms with Crippen LogP contribution < -0.4 is 10.1 Å². The van der Waals surface area contributed by atoms with Crippen LogP contribution in [0.1, 0.15) is 25.5 Å². The Kier molecular flexibility index (Phi) is 4.32. The van der Waals surface area contributed by atoms with Gasteiger partial charge in [0.25, 0.3) is 0 Å². The van der Waals surface area contributed by atoms with Gasteiger partial charge in [0.2, 0.25) is 0 Å². The molecule has 1 N–H and O–H groups in total. The second-order valence-corrected chi connectivity index (χ2v) is 5.05. The zero-order chi connectivity index (χ0) is 13.8. The molecule has 0 atom stereocenters. The fourth-order valence-corrected chi connectivity index (χ4v) is 1.99. The predicted octanol–water partition coefficient (Wildman–Crippen LogP) is 3.74. The third kappa shape index (κ3) is 3.41. The van der Waals surface area contributed by atoms with E-state index in [2.05, 4.69) is 24.3 Å². The van der Waals surface area contributed by atoms with Crippen LogP contribution in [0.2, 0.25) is 5.02 Å². The van der Waals surface area contributed by atoms with Gasteiger partial charge in [0, 0.05) is 29.4 Å². The van der Waals surface area contributed by atoms with Crippen LogP contribution in [0.4, 0.5) is 5.69 Å². The fourth-order valence-electron chi connectivity index (χ4n) is 1.79. The molecule has 0 saturated carbocycles. The topological polar surface area (TPSA) is 39.1 Å². The predicted molar refractivity (Wildman–Crippen MR) is 77.9 cm³/mol. The summed E-state index contributed by atoms with van der Waals surface area (Å²) in [5.74, 6) is 0.827. The number of ether oxygens (including phenoxy) is 1. The molecule has 1 aromatic heterocycles. The minimum atomic E-state index is 0.358. The van der Waals surface area contributed by atoms with Crippen LogP contribution >= 0.6 is 11.6 Å². The quantitative estimate of drug-likeness (QED) is 0.906. The molecule has 0 radical (unpaired) electrons. The van der Waals surface area contributed by atoms with Crippen LogP contribution in [0, 0.1) is 0 Å².